The minimum atomic E-state index is -0.999. The van der Waals surface area contributed by atoms with Gasteiger partial charge in [-0.25, -0.2) is 0 Å². The van der Waals surface area contributed by atoms with Crippen LogP contribution in [0, 0.1) is 0 Å². The number of fused-ring (bicyclic) bond motifs is 1. The number of aryl methyl sites for hydroxylation is 2. The van der Waals surface area contributed by atoms with Crippen LogP contribution in [0.1, 0.15) is 0 Å². The van der Waals surface area contributed by atoms with Crippen molar-refractivity contribution in [3.05, 3.63) is 24.3 Å². The van der Waals surface area contributed by atoms with E-state index in [1.54, 1.807) is 0 Å². The van der Waals surface area contributed by atoms with Gasteiger partial charge in [-0.2, -0.15) is 0 Å². The minimum Gasteiger partial charge on any atom is -0.484 e. The minimum absolute atomic E-state index is 0.204. The summed E-state index contributed by atoms with van der Waals surface area (Å²) in [4.78, 5) is 22.0. The molecular formula is C13H16BN2O4. The number of aliphatic carboxylic acids is 2. The molecule has 0 aliphatic heterocycles. The van der Waals surface area contributed by atoms with Gasteiger partial charge in [0, 0.05) is 12.4 Å². The predicted molar refractivity (Wildman–Crippen MR) is 74.4 cm³/mol. The van der Waals surface area contributed by atoms with Crippen molar-refractivity contribution in [2.24, 2.45) is 14.1 Å². The van der Waals surface area contributed by atoms with E-state index in [0.29, 0.717) is 5.72 Å². The van der Waals surface area contributed by atoms with Crippen LogP contribution in [0.5, 0.6) is 0 Å². The third-order valence-electron chi connectivity index (χ3n) is 3.50. The zero-order valence-corrected chi connectivity index (χ0v) is 11.4. The van der Waals surface area contributed by atoms with Gasteiger partial charge in [-0.15, -0.1) is 0 Å². The Balaban J connectivity index is 2.57. The molecule has 1 radical (unpaired) electrons. The molecule has 105 valence electrons. The van der Waals surface area contributed by atoms with Crippen LogP contribution < -0.4 is 10.3 Å². The van der Waals surface area contributed by atoms with Crippen molar-refractivity contribution in [3.63, 3.8) is 0 Å². The van der Waals surface area contributed by atoms with E-state index in [1.807, 2.05) is 47.5 Å². The van der Waals surface area contributed by atoms with Crippen LogP contribution >= 0.6 is 0 Å². The highest BCUT2D eigenvalue weighted by atomic mass is 16.4. The third kappa shape index (κ3) is 2.52. The number of benzene rings is 1. The fourth-order valence-electron chi connectivity index (χ4n) is 2.73. The van der Waals surface area contributed by atoms with Gasteiger partial charge in [-0.1, -0.05) is 24.8 Å². The number of carbonyl (C=O) groups is 2. The Morgan fingerprint density at radius 1 is 1.20 bits per heavy atom. The normalized spacial score (nSPS) is 11.2. The average Bonchev–Trinajstić information content (AvgIpc) is 2.61. The second-order valence-electron chi connectivity index (χ2n) is 4.86. The quantitative estimate of drug-likeness (QED) is 0.588. The number of para-hydroxylation sites is 2. The first-order valence-electron chi connectivity index (χ1n) is 6.28. The van der Waals surface area contributed by atoms with Gasteiger partial charge in [-0.3, -0.25) is 18.7 Å². The lowest BCUT2D eigenvalue weighted by Gasteiger charge is -2.19. The molecule has 0 amide bonds. The lowest BCUT2D eigenvalue weighted by atomic mass is 9.44. The van der Waals surface area contributed by atoms with Crippen molar-refractivity contribution >= 4 is 35.4 Å². The molecule has 2 rings (SSSR count). The number of imidazole rings is 1. The number of rotatable bonds is 5. The highest BCUT2D eigenvalue weighted by Crippen LogP contribution is 2.10. The van der Waals surface area contributed by atoms with E-state index in [2.05, 4.69) is 0 Å². The monoisotopic (exact) mass is 275 g/mol. The van der Waals surface area contributed by atoms with E-state index >= 15 is 0 Å². The average molecular weight is 275 g/mol. The van der Waals surface area contributed by atoms with Crippen molar-refractivity contribution in [1.29, 1.82) is 0 Å². The van der Waals surface area contributed by atoms with Crippen LogP contribution in [0.15, 0.2) is 24.3 Å². The smallest absolute Gasteiger partial charge is 0.265 e. The molecule has 0 spiro atoms. The lowest BCUT2D eigenvalue weighted by Crippen LogP contribution is -2.56. The molecule has 1 aromatic heterocycles. The molecular weight excluding hydrogens is 259 g/mol. The van der Waals surface area contributed by atoms with Gasteiger partial charge in [0.2, 0.25) is 0 Å². The maximum absolute atomic E-state index is 11.0. The first-order chi connectivity index (χ1) is 9.41. The highest BCUT2D eigenvalue weighted by molar-refractivity contribution is 6.76. The molecule has 0 fully saturated rings. The molecule has 0 aliphatic rings. The van der Waals surface area contributed by atoms with Gasteiger partial charge in [0.05, 0.1) is 14.1 Å². The summed E-state index contributed by atoms with van der Waals surface area (Å²) >= 11 is 0. The number of carboxylic acid groups (broad SMARTS) is 2. The SMILES string of the molecule is Cn1c([B-](CC(=O)O)CC(=O)O)[n+](C)c2ccccc21. The standard InChI is InChI=1S/C13H15BN2O4/c1-15-9-5-3-4-6-10(9)16(2)13(15)14(7-11(17)18)8-12(19)20/h3-6H,7-8H2,1-2H3,(H-,17,18,19,20)/q-1/p+1. The Bertz CT molecular complexity index is 625. The first-order valence-corrected chi connectivity index (χ1v) is 6.28. The number of aromatic nitrogens is 2. The Kier molecular flexibility index (Phi) is 3.78. The van der Waals surface area contributed by atoms with Crippen molar-refractivity contribution in [1.82, 2.24) is 4.57 Å². The van der Waals surface area contributed by atoms with E-state index in [9.17, 15) is 9.59 Å². The van der Waals surface area contributed by atoms with Crippen molar-refractivity contribution < 1.29 is 24.4 Å². The van der Waals surface area contributed by atoms with Gasteiger partial charge in [0.15, 0.2) is 11.0 Å². The summed E-state index contributed by atoms with van der Waals surface area (Å²) in [6.07, 6.45) is -0.408. The molecule has 7 heteroatoms. The molecule has 0 saturated carbocycles. The first kappa shape index (κ1) is 14.1. The molecule has 2 N–H and O–H groups in total. The van der Waals surface area contributed by atoms with Crippen LogP contribution in [0.25, 0.3) is 11.0 Å². The van der Waals surface area contributed by atoms with Crippen LogP contribution in [0.4, 0.5) is 0 Å². The maximum Gasteiger partial charge on any atom is 0.265 e. The van der Waals surface area contributed by atoms with Gasteiger partial charge >= 0.3 is 0 Å². The Labute approximate surface area is 116 Å². The van der Waals surface area contributed by atoms with Crippen molar-refractivity contribution in [3.8, 4) is 0 Å². The molecule has 0 aliphatic carbocycles. The van der Waals surface area contributed by atoms with E-state index in [4.69, 9.17) is 10.2 Å². The van der Waals surface area contributed by atoms with Gasteiger partial charge in [0.1, 0.15) is 0 Å². The van der Waals surface area contributed by atoms with E-state index in [1.165, 1.54) is 0 Å². The number of nitrogens with zero attached hydrogens (tertiary/aromatic N) is 2. The maximum atomic E-state index is 11.0. The second-order valence-corrected chi connectivity index (χ2v) is 4.86. The molecule has 20 heavy (non-hydrogen) atoms. The van der Waals surface area contributed by atoms with Gasteiger partial charge in [0.25, 0.3) is 11.9 Å². The molecule has 1 heterocycles. The summed E-state index contributed by atoms with van der Waals surface area (Å²) in [7, 11) is 3.66. The molecule has 6 nitrogen and oxygen atoms in total. The number of hydrogen-bond acceptors (Lipinski definition) is 2. The summed E-state index contributed by atoms with van der Waals surface area (Å²) in [6.45, 7) is -0.563. The number of hydrogen-bond donors (Lipinski definition) is 2. The molecule has 2 aromatic rings. The van der Waals surface area contributed by atoms with Crippen molar-refractivity contribution in [2.45, 2.75) is 12.6 Å². The summed E-state index contributed by atoms with van der Waals surface area (Å²) in [6, 6.07) is 7.65. The largest absolute Gasteiger partial charge is 0.484 e. The zero-order chi connectivity index (χ0) is 14.9. The van der Waals surface area contributed by atoms with E-state index < -0.39 is 18.7 Å². The molecule has 0 unspecified atom stereocenters. The second kappa shape index (κ2) is 5.36. The van der Waals surface area contributed by atoms with Crippen molar-refractivity contribution in [2.75, 3.05) is 0 Å². The summed E-state index contributed by atoms with van der Waals surface area (Å²) in [5, 5.41) is 18.0. The van der Waals surface area contributed by atoms with E-state index in [-0.39, 0.29) is 12.6 Å². The Morgan fingerprint density at radius 2 is 1.75 bits per heavy atom. The van der Waals surface area contributed by atoms with Crippen LogP contribution in [0.3, 0.4) is 0 Å². The molecule has 0 bridgehead atoms. The fraction of sp³-hybridized carbons (Fsp3) is 0.308. The summed E-state index contributed by atoms with van der Waals surface area (Å²) in [5.41, 5.74) is 2.60. The topological polar surface area (TPSA) is 83.4 Å². The predicted octanol–water partition coefficient (Wildman–Crippen LogP) is -0.126. The molecule has 1 aromatic carbocycles. The Hall–Kier alpha value is -2.31. The molecule has 0 atom stereocenters. The van der Waals surface area contributed by atoms with Gasteiger partial charge < -0.3 is 10.2 Å². The number of carboxylic acids is 2. The van der Waals surface area contributed by atoms with Crippen LogP contribution in [-0.4, -0.2) is 33.4 Å². The van der Waals surface area contributed by atoms with E-state index in [0.717, 1.165) is 11.0 Å². The Morgan fingerprint density at radius 3 is 2.25 bits per heavy atom. The summed E-state index contributed by atoms with van der Waals surface area (Å²) < 4.78 is 3.73. The third-order valence-corrected chi connectivity index (χ3v) is 3.50. The summed E-state index contributed by atoms with van der Waals surface area (Å²) in [5.74, 6) is -2.00. The highest BCUT2D eigenvalue weighted by Gasteiger charge is 2.22. The van der Waals surface area contributed by atoms with Gasteiger partial charge in [-0.05, 0) is 12.1 Å². The molecule has 0 saturated heterocycles. The van der Waals surface area contributed by atoms with Crippen LogP contribution in [0.2, 0.25) is 12.6 Å². The fourth-order valence-corrected chi connectivity index (χ4v) is 2.73. The lowest BCUT2D eigenvalue weighted by molar-refractivity contribution is -0.627. The van der Waals surface area contributed by atoms with Crippen LogP contribution in [-0.2, 0) is 23.7 Å². The zero-order valence-electron chi connectivity index (χ0n) is 11.4.